The Bertz CT molecular complexity index is 371. The van der Waals surface area contributed by atoms with Crippen molar-refractivity contribution in [3.63, 3.8) is 0 Å². The van der Waals surface area contributed by atoms with E-state index < -0.39 is 6.10 Å². The van der Waals surface area contributed by atoms with E-state index in [0.29, 0.717) is 12.2 Å². The molecular formula is C14H20O3. The van der Waals surface area contributed by atoms with Crippen molar-refractivity contribution in [2.45, 2.75) is 26.9 Å². The van der Waals surface area contributed by atoms with Gasteiger partial charge in [0.15, 0.2) is 5.78 Å². The minimum atomic E-state index is -0.396. The first-order chi connectivity index (χ1) is 8.10. The van der Waals surface area contributed by atoms with Gasteiger partial charge in [0, 0.05) is 12.7 Å². The lowest BCUT2D eigenvalue weighted by atomic mass is 9.97. The van der Waals surface area contributed by atoms with Crippen molar-refractivity contribution in [1.29, 1.82) is 0 Å². The number of carbonyl (C=O) groups is 1. The Labute approximate surface area is 103 Å². The smallest absolute Gasteiger partial charge is 0.191 e. The number of Topliss-reactive ketones (excluding diaryl/α,β-unsaturated/α-hetero) is 1. The molecule has 94 valence electrons. The normalized spacial score (nSPS) is 12.5. The van der Waals surface area contributed by atoms with Crippen molar-refractivity contribution >= 4 is 5.78 Å². The van der Waals surface area contributed by atoms with Crippen LogP contribution in [0.15, 0.2) is 24.3 Å². The summed E-state index contributed by atoms with van der Waals surface area (Å²) in [5, 5.41) is 0. The molecule has 0 spiro atoms. The Morgan fingerprint density at radius 3 is 2.59 bits per heavy atom. The number of hydrogen-bond donors (Lipinski definition) is 0. The van der Waals surface area contributed by atoms with Gasteiger partial charge >= 0.3 is 0 Å². The van der Waals surface area contributed by atoms with Crippen LogP contribution in [0.3, 0.4) is 0 Å². The summed E-state index contributed by atoms with van der Waals surface area (Å²) in [6.07, 6.45) is -0.396. The maximum atomic E-state index is 12.2. The zero-order valence-corrected chi connectivity index (χ0v) is 10.9. The average molecular weight is 236 g/mol. The van der Waals surface area contributed by atoms with E-state index in [2.05, 4.69) is 0 Å². The minimum Gasteiger partial charge on any atom is -0.494 e. The highest BCUT2D eigenvalue weighted by atomic mass is 16.5. The van der Waals surface area contributed by atoms with Crippen molar-refractivity contribution in [2.75, 3.05) is 13.7 Å². The first-order valence-corrected chi connectivity index (χ1v) is 5.90. The molecule has 1 aromatic rings. The van der Waals surface area contributed by atoms with Crippen molar-refractivity contribution in [1.82, 2.24) is 0 Å². The topological polar surface area (TPSA) is 35.5 Å². The lowest BCUT2D eigenvalue weighted by Gasteiger charge is -2.18. The van der Waals surface area contributed by atoms with Gasteiger partial charge in [0.2, 0.25) is 0 Å². The maximum Gasteiger partial charge on any atom is 0.191 e. The molecule has 0 radical (unpaired) electrons. The summed E-state index contributed by atoms with van der Waals surface area (Å²) >= 11 is 0. The molecule has 1 rings (SSSR count). The molecule has 0 N–H and O–H groups in total. The number of ether oxygens (including phenoxy) is 2. The van der Waals surface area contributed by atoms with E-state index in [1.807, 2.05) is 32.9 Å². The molecule has 1 aromatic carbocycles. The second kappa shape index (κ2) is 6.40. The number of methoxy groups -OCH3 is 1. The lowest BCUT2D eigenvalue weighted by molar-refractivity contribution is 0.0458. The molecule has 1 unspecified atom stereocenters. The Morgan fingerprint density at radius 2 is 2.06 bits per heavy atom. The third-order valence-corrected chi connectivity index (χ3v) is 2.55. The monoisotopic (exact) mass is 236 g/mol. The Kier molecular flexibility index (Phi) is 5.16. The van der Waals surface area contributed by atoms with Crippen molar-refractivity contribution < 1.29 is 14.3 Å². The molecule has 0 aromatic heterocycles. The zero-order chi connectivity index (χ0) is 12.8. The van der Waals surface area contributed by atoms with Gasteiger partial charge in [-0.2, -0.15) is 0 Å². The molecule has 3 heteroatoms. The fourth-order valence-electron chi connectivity index (χ4n) is 1.75. The third-order valence-electron chi connectivity index (χ3n) is 2.55. The second-order valence-corrected chi connectivity index (χ2v) is 4.23. The van der Waals surface area contributed by atoms with Crippen LogP contribution in [-0.4, -0.2) is 25.6 Å². The van der Waals surface area contributed by atoms with E-state index in [1.54, 1.807) is 19.2 Å². The van der Waals surface area contributed by atoms with Crippen LogP contribution in [0.4, 0.5) is 0 Å². The largest absolute Gasteiger partial charge is 0.494 e. The first kappa shape index (κ1) is 13.7. The predicted octanol–water partition coefficient (Wildman–Crippen LogP) is 2.94. The summed E-state index contributed by atoms with van der Waals surface area (Å²) in [6, 6.07) is 7.22. The summed E-state index contributed by atoms with van der Waals surface area (Å²) in [4.78, 5) is 12.2. The molecule has 0 amide bonds. The molecule has 3 nitrogen and oxygen atoms in total. The fourth-order valence-corrected chi connectivity index (χ4v) is 1.75. The maximum absolute atomic E-state index is 12.2. The van der Waals surface area contributed by atoms with E-state index in [0.717, 1.165) is 5.75 Å². The molecule has 0 aliphatic heterocycles. The van der Waals surface area contributed by atoms with Gasteiger partial charge in [-0.3, -0.25) is 4.79 Å². The predicted molar refractivity (Wildman–Crippen MR) is 67.6 cm³/mol. The second-order valence-electron chi connectivity index (χ2n) is 4.23. The molecule has 0 fully saturated rings. The highest BCUT2D eigenvalue weighted by Crippen LogP contribution is 2.18. The van der Waals surface area contributed by atoms with Crippen LogP contribution in [0.2, 0.25) is 0 Å². The molecule has 0 saturated carbocycles. The van der Waals surface area contributed by atoms with Crippen LogP contribution >= 0.6 is 0 Å². The molecule has 0 bridgehead atoms. The van der Waals surface area contributed by atoms with Crippen LogP contribution in [-0.2, 0) is 4.74 Å². The van der Waals surface area contributed by atoms with Gasteiger partial charge in [-0.1, -0.05) is 26.0 Å². The van der Waals surface area contributed by atoms with Crippen LogP contribution in [0.25, 0.3) is 0 Å². The third kappa shape index (κ3) is 3.56. The van der Waals surface area contributed by atoms with Gasteiger partial charge in [-0.15, -0.1) is 0 Å². The van der Waals surface area contributed by atoms with E-state index in [-0.39, 0.29) is 11.7 Å². The van der Waals surface area contributed by atoms with Crippen LogP contribution in [0, 0.1) is 5.92 Å². The van der Waals surface area contributed by atoms with Crippen molar-refractivity contribution in [3.8, 4) is 5.75 Å². The number of rotatable bonds is 6. The standard InChI is InChI=1S/C14H20O3/c1-5-17-12-8-6-7-11(9-12)13(15)14(16-4)10(2)3/h6-10,14H,5H2,1-4H3. The van der Waals surface area contributed by atoms with E-state index in [4.69, 9.17) is 9.47 Å². The van der Waals surface area contributed by atoms with Gasteiger partial charge in [0.05, 0.1) is 6.61 Å². The summed E-state index contributed by atoms with van der Waals surface area (Å²) in [5.41, 5.74) is 0.636. The average Bonchev–Trinajstić information content (AvgIpc) is 2.30. The van der Waals surface area contributed by atoms with Gasteiger partial charge < -0.3 is 9.47 Å². The summed E-state index contributed by atoms with van der Waals surface area (Å²) in [7, 11) is 1.56. The summed E-state index contributed by atoms with van der Waals surface area (Å²) < 4.78 is 10.6. The Hall–Kier alpha value is -1.35. The molecule has 17 heavy (non-hydrogen) atoms. The van der Waals surface area contributed by atoms with Gasteiger partial charge in [0.1, 0.15) is 11.9 Å². The molecule has 0 aliphatic rings. The first-order valence-electron chi connectivity index (χ1n) is 5.90. The SMILES string of the molecule is CCOc1cccc(C(=O)C(OC)C(C)C)c1. The minimum absolute atomic E-state index is 0.00375. The van der Waals surface area contributed by atoms with Crippen LogP contribution in [0.5, 0.6) is 5.75 Å². The van der Waals surface area contributed by atoms with Gasteiger partial charge in [0.25, 0.3) is 0 Å². The number of benzene rings is 1. The molecular weight excluding hydrogens is 216 g/mol. The molecule has 0 heterocycles. The van der Waals surface area contributed by atoms with E-state index >= 15 is 0 Å². The quantitative estimate of drug-likeness (QED) is 0.712. The van der Waals surface area contributed by atoms with Crippen LogP contribution in [0.1, 0.15) is 31.1 Å². The zero-order valence-electron chi connectivity index (χ0n) is 10.9. The highest BCUT2D eigenvalue weighted by Gasteiger charge is 2.23. The van der Waals surface area contributed by atoms with E-state index in [9.17, 15) is 4.79 Å². The van der Waals surface area contributed by atoms with Crippen molar-refractivity contribution in [3.05, 3.63) is 29.8 Å². The Balaban J connectivity index is 2.91. The summed E-state index contributed by atoms with van der Waals surface area (Å²) in [6.45, 7) is 6.45. The van der Waals surface area contributed by atoms with Crippen molar-refractivity contribution in [2.24, 2.45) is 5.92 Å². The van der Waals surface area contributed by atoms with Gasteiger partial charge in [-0.05, 0) is 25.0 Å². The lowest BCUT2D eigenvalue weighted by Crippen LogP contribution is -2.28. The molecule has 0 saturated heterocycles. The summed E-state index contributed by atoms with van der Waals surface area (Å²) in [5.74, 6) is 0.879. The fraction of sp³-hybridized carbons (Fsp3) is 0.500. The molecule has 0 aliphatic carbocycles. The highest BCUT2D eigenvalue weighted by molar-refractivity contribution is 5.99. The van der Waals surface area contributed by atoms with Crippen LogP contribution < -0.4 is 4.74 Å². The number of ketones is 1. The Morgan fingerprint density at radius 1 is 1.35 bits per heavy atom. The number of carbonyl (C=O) groups excluding carboxylic acids is 1. The molecule has 1 atom stereocenters. The number of hydrogen-bond acceptors (Lipinski definition) is 3. The van der Waals surface area contributed by atoms with E-state index in [1.165, 1.54) is 0 Å². The van der Waals surface area contributed by atoms with Gasteiger partial charge in [-0.25, -0.2) is 0 Å².